The van der Waals surface area contributed by atoms with Crippen molar-refractivity contribution in [1.82, 2.24) is 4.90 Å². The third-order valence-corrected chi connectivity index (χ3v) is 5.10. The van der Waals surface area contributed by atoms with Crippen LogP contribution in [0.3, 0.4) is 0 Å². The molecule has 0 radical (unpaired) electrons. The second-order valence-corrected chi connectivity index (χ2v) is 6.65. The highest BCUT2D eigenvalue weighted by molar-refractivity contribution is 6.30. The highest BCUT2D eigenvalue weighted by Crippen LogP contribution is 2.40. The summed E-state index contributed by atoms with van der Waals surface area (Å²) >= 11 is 5.72. The molecule has 5 heteroatoms. The van der Waals surface area contributed by atoms with Gasteiger partial charge in [0.15, 0.2) is 0 Å². The minimum Gasteiger partial charge on any atom is -0.481 e. The minimum atomic E-state index is -0.701. The SMILES string of the molecule is O=C(O)CC1CC2CCC(C1)N2Cc1ccc(Cl)c(F)c1. The molecule has 2 atom stereocenters. The summed E-state index contributed by atoms with van der Waals surface area (Å²) in [5.41, 5.74) is 0.936. The van der Waals surface area contributed by atoms with E-state index in [4.69, 9.17) is 16.7 Å². The molecular formula is C16H19ClFNO2. The maximum atomic E-state index is 13.5. The number of piperidine rings is 1. The standard InChI is InChI=1S/C16H19ClFNO2/c17-14-4-1-10(7-15(14)18)9-19-12-2-3-13(19)6-11(5-12)8-16(20)21/h1,4,7,11-13H,2-3,5-6,8-9H2,(H,20,21). The quantitative estimate of drug-likeness (QED) is 0.922. The smallest absolute Gasteiger partial charge is 0.303 e. The highest BCUT2D eigenvalue weighted by Gasteiger charge is 2.40. The van der Waals surface area contributed by atoms with Crippen LogP contribution in [0.1, 0.15) is 37.7 Å². The van der Waals surface area contributed by atoms with Crippen LogP contribution in [-0.4, -0.2) is 28.1 Å². The first-order valence-electron chi connectivity index (χ1n) is 7.44. The van der Waals surface area contributed by atoms with Gasteiger partial charge in [-0.05, 0) is 49.3 Å². The largest absolute Gasteiger partial charge is 0.481 e. The van der Waals surface area contributed by atoms with Gasteiger partial charge in [-0.1, -0.05) is 17.7 Å². The molecule has 3 rings (SSSR count). The number of benzene rings is 1. The van der Waals surface area contributed by atoms with Crippen LogP contribution in [0.4, 0.5) is 4.39 Å². The average Bonchev–Trinajstić information content (AvgIpc) is 2.65. The van der Waals surface area contributed by atoms with E-state index in [0.29, 0.717) is 18.0 Å². The maximum absolute atomic E-state index is 13.5. The van der Waals surface area contributed by atoms with E-state index in [1.54, 1.807) is 6.07 Å². The Bertz CT molecular complexity index is 537. The second-order valence-electron chi connectivity index (χ2n) is 6.24. The monoisotopic (exact) mass is 311 g/mol. The topological polar surface area (TPSA) is 40.5 Å². The summed E-state index contributed by atoms with van der Waals surface area (Å²) in [5, 5.41) is 9.10. The van der Waals surface area contributed by atoms with E-state index in [0.717, 1.165) is 37.8 Å². The van der Waals surface area contributed by atoms with Crippen molar-refractivity contribution in [3.05, 3.63) is 34.6 Å². The van der Waals surface area contributed by atoms with Gasteiger partial charge in [0.1, 0.15) is 5.82 Å². The Morgan fingerprint density at radius 1 is 1.33 bits per heavy atom. The van der Waals surface area contributed by atoms with Crippen molar-refractivity contribution < 1.29 is 14.3 Å². The van der Waals surface area contributed by atoms with Gasteiger partial charge in [0, 0.05) is 25.0 Å². The summed E-state index contributed by atoms with van der Waals surface area (Å²) in [7, 11) is 0. The number of carboxylic acids is 1. The summed E-state index contributed by atoms with van der Waals surface area (Å²) in [6.45, 7) is 0.725. The van der Waals surface area contributed by atoms with Crippen LogP contribution < -0.4 is 0 Å². The summed E-state index contributed by atoms with van der Waals surface area (Å²) in [6, 6.07) is 5.85. The predicted molar refractivity (Wildman–Crippen MR) is 78.7 cm³/mol. The Kier molecular flexibility index (Phi) is 4.18. The molecule has 0 saturated carbocycles. The van der Waals surface area contributed by atoms with Crippen molar-refractivity contribution in [2.45, 2.75) is 50.7 Å². The number of nitrogens with zero attached hydrogens (tertiary/aromatic N) is 1. The molecule has 114 valence electrons. The summed E-state index contributed by atoms with van der Waals surface area (Å²) in [5.74, 6) is -0.784. The molecule has 2 unspecified atom stereocenters. The average molecular weight is 312 g/mol. The zero-order chi connectivity index (χ0) is 15.0. The van der Waals surface area contributed by atoms with Crippen LogP contribution in [0.2, 0.25) is 5.02 Å². The van der Waals surface area contributed by atoms with Gasteiger partial charge in [-0.15, -0.1) is 0 Å². The Morgan fingerprint density at radius 2 is 2.00 bits per heavy atom. The zero-order valence-corrected chi connectivity index (χ0v) is 12.5. The van der Waals surface area contributed by atoms with E-state index in [9.17, 15) is 9.18 Å². The van der Waals surface area contributed by atoms with E-state index < -0.39 is 5.97 Å². The van der Waals surface area contributed by atoms with Crippen molar-refractivity contribution in [2.75, 3.05) is 0 Å². The van der Waals surface area contributed by atoms with Gasteiger partial charge >= 0.3 is 5.97 Å². The van der Waals surface area contributed by atoms with Gasteiger partial charge in [-0.2, -0.15) is 0 Å². The molecule has 2 fully saturated rings. The van der Waals surface area contributed by atoms with Gasteiger partial charge in [-0.3, -0.25) is 9.69 Å². The van der Waals surface area contributed by atoms with Crippen LogP contribution in [-0.2, 0) is 11.3 Å². The van der Waals surface area contributed by atoms with E-state index in [-0.39, 0.29) is 17.3 Å². The molecule has 0 spiro atoms. The number of halogens is 2. The first kappa shape index (κ1) is 14.8. The molecule has 2 bridgehead atoms. The zero-order valence-electron chi connectivity index (χ0n) is 11.8. The number of hydrogen-bond donors (Lipinski definition) is 1. The van der Waals surface area contributed by atoms with Gasteiger partial charge in [0.2, 0.25) is 0 Å². The molecule has 1 aromatic rings. The number of carbonyl (C=O) groups is 1. The summed E-state index contributed by atoms with van der Waals surface area (Å²) in [4.78, 5) is 13.3. The van der Waals surface area contributed by atoms with Gasteiger partial charge in [-0.25, -0.2) is 4.39 Å². The van der Waals surface area contributed by atoms with Crippen molar-refractivity contribution in [1.29, 1.82) is 0 Å². The Balaban J connectivity index is 1.67. The molecule has 1 N–H and O–H groups in total. The van der Waals surface area contributed by atoms with Crippen molar-refractivity contribution in [3.63, 3.8) is 0 Å². The number of fused-ring (bicyclic) bond motifs is 2. The van der Waals surface area contributed by atoms with Crippen LogP contribution in [0.15, 0.2) is 18.2 Å². The number of rotatable bonds is 4. The minimum absolute atomic E-state index is 0.155. The number of carboxylic acid groups (broad SMARTS) is 1. The Morgan fingerprint density at radius 3 is 2.57 bits per heavy atom. The first-order valence-corrected chi connectivity index (χ1v) is 7.82. The fraction of sp³-hybridized carbons (Fsp3) is 0.562. The molecule has 21 heavy (non-hydrogen) atoms. The van der Waals surface area contributed by atoms with Crippen LogP contribution >= 0.6 is 11.6 Å². The number of aliphatic carboxylic acids is 1. The van der Waals surface area contributed by atoms with Gasteiger partial charge < -0.3 is 5.11 Å². The Labute approximate surface area is 128 Å². The predicted octanol–water partition coefficient (Wildman–Crippen LogP) is 3.70. The van der Waals surface area contributed by atoms with Crippen molar-refractivity contribution in [3.8, 4) is 0 Å². The fourth-order valence-electron chi connectivity index (χ4n) is 3.91. The lowest BCUT2D eigenvalue weighted by Crippen LogP contribution is -2.42. The molecular weight excluding hydrogens is 293 g/mol. The van der Waals surface area contributed by atoms with Crippen LogP contribution in [0.5, 0.6) is 0 Å². The first-order chi connectivity index (χ1) is 10.0. The molecule has 0 amide bonds. The molecule has 2 aliphatic rings. The van der Waals surface area contributed by atoms with E-state index >= 15 is 0 Å². The third kappa shape index (κ3) is 3.22. The van der Waals surface area contributed by atoms with E-state index in [2.05, 4.69) is 4.90 Å². The molecule has 2 aliphatic heterocycles. The molecule has 2 heterocycles. The fourth-order valence-corrected chi connectivity index (χ4v) is 4.02. The third-order valence-electron chi connectivity index (χ3n) is 4.79. The highest BCUT2D eigenvalue weighted by atomic mass is 35.5. The lowest BCUT2D eigenvalue weighted by atomic mass is 9.88. The lowest BCUT2D eigenvalue weighted by molar-refractivity contribution is -0.138. The van der Waals surface area contributed by atoms with E-state index in [1.807, 2.05) is 6.07 Å². The molecule has 0 aliphatic carbocycles. The normalized spacial score (nSPS) is 28.8. The van der Waals surface area contributed by atoms with Crippen molar-refractivity contribution >= 4 is 17.6 Å². The molecule has 1 aromatic carbocycles. The summed E-state index contributed by atoms with van der Waals surface area (Å²) < 4.78 is 13.5. The van der Waals surface area contributed by atoms with Crippen molar-refractivity contribution in [2.24, 2.45) is 5.92 Å². The second kappa shape index (κ2) is 5.93. The molecule has 0 aromatic heterocycles. The van der Waals surface area contributed by atoms with Crippen LogP contribution in [0.25, 0.3) is 0 Å². The maximum Gasteiger partial charge on any atom is 0.303 e. The van der Waals surface area contributed by atoms with Crippen LogP contribution in [0, 0.1) is 11.7 Å². The number of hydrogen-bond acceptors (Lipinski definition) is 2. The Hall–Kier alpha value is -1.13. The van der Waals surface area contributed by atoms with Gasteiger partial charge in [0.05, 0.1) is 5.02 Å². The van der Waals surface area contributed by atoms with Gasteiger partial charge in [0.25, 0.3) is 0 Å². The lowest BCUT2D eigenvalue weighted by Gasteiger charge is -2.38. The summed E-state index contributed by atoms with van der Waals surface area (Å²) in [6.07, 6.45) is 4.40. The van der Waals surface area contributed by atoms with E-state index in [1.165, 1.54) is 6.07 Å². The molecule has 3 nitrogen and oxygen atoms in total. The molecule has 2 saturated heterocycles.